The molecule has 3 heteroatoms. The van der Waals surface area contributed by atoms with Crippen molar-refractivity contribution in [1.29, 1.82) is 5.26 Å². The smallest absolute Gasteiger partial charge is 0.159 e. The Morgan fingerprint density at radius 2 is 2.05 bits per heavy atom. The van der Waals surface area contributed by atoms with Gasteiger partial charge < -0.3 is 4.90 Å². The second-order valence-electron chi connectivity index (χ2n) is 5.76. The lowest BCUT2D eigenvalue weighted by atomic mass is 9.86. The number of nitrogens with zero attached hydrogens (tertiary/aromatic N) is 2. The standard InChI is InChI=1S/C16H20N2O/c1-12(19)13-4-6-15(7-5-13)18-11-9-14(8-10-17)16(18,2)3/h4-7,14H,8-9,11H2,1-3H3. The van der Waals surface area contributed by atoms with E-state index in [1.807, 2.05) is 24.3 Å². The summed E-state index contributed by atoms with van der Waals surface area (Å²) in [6, 6.07) is 10.1. The molecule has 1 fully saturated rings. The van der Waals surface area contributed by atoms with Crippen molar-refractivity contribution in [3.8, 4) is 6.07 Å². The van der Waals surface area contributed by atoms with E-state index < -0.39 is 0 Å². The topological polar surface area (TPSA) is 44.1 Å². The van der Waals surface area contributed by atoms with Crippen LogP contribution in [0.4, 0.5) is 5.69 Å². The number of ketones is 1. The van der Waals surface area contributed by atoms with Crippen LogP contribution in [-0.2, 0) is 0 Å². The molecule has 1 atom stereocenters. The predicted molar refractivity (Wildman–Crippen MR) is 76.2 cm³/mol. The number of Topliss-reactive ketones (excluding diaryl/α,β-unsaturated/α-hetero) is 1. The zero-order valence-electron chi connectivity index (χ0n) is 11.8. The molecule has 0 spiro atoms. The van der Waals surface area contributed by atoms with Crippen LogP contribution in [-0.4, -0.2) is 17.9 Å². The van der Waals surface area contributed by atoms with E-state index in [9.17, 15) is 4.79 Å². The van der Waals surface area contributed by atoms with Crippen LogP contribution in [0.25, 0.3) is 0 Å². The molecule has 0 saturated carbocycles. The van der Waals surface area contributed by atoms with Gasteiger partial charge in [-0.2, -0.15) is 5.26 Å². The minimum Gasteiger partial charge on any atom is -0.366 e. The number of carbonyl (C=O) groups excluding carboxylic acids is 1. The molecule has 1 aliphatic heterocycles. The highest BCUT2D eigenvalue weighted by molar-refractivity contribution is 5.94. The van der Waals surface area contributed by atoms with Crippen LogP contribution in [0.2, 0.25) is 0 Å². The first kappa shape index (κ1) is 13.6. The second kappa shape index (κ2) is 5.05. The lowest BCUT2D eigenvalue weighted by molar-refractivity contribution is 0.101. The molecule has 1 saturated heterocycles. The van der Waals surface area contributed by atoms with Crippen LogP contribution in [0.5, 0.6) is 0 Å². The Morgan fingerprint density at radius 3 is 2.58 bits per heavy atom. The van der Waals surface area contributed by atoms with E-state index in [1.165, 1.54) is 0 Å². The third kappa shape index (κ3) is 2.49. The second-order valence-corrected chi connectivity index (χ2v) is 5.76. The average molecular weight is 256 g/mol. The molecule has 1 aliphatic rings. The molecule has 2 rings (SSSR count). The van der Waals surface area contributed by atoms with Crippen LogP contribution >= 0.6 is 0 Å². The minimum absolute atomic E-state index is 0.00648. The highest BCUT2D eigenvalue weighted by Gasteiger charge is 2.40. The molecule has 1 unspecified atom stereocenters. The van der Waals surface area contributed by atoms with Crippen molar-refractivity contribution in [2.75, 3.05) is 11.4 Å². The molecule has 0 aliphatic carbocycles. The fourth-order valence-corrected chi connectivity index (χ4v) is 2.95. The first-order valence-corrected chi connectivity index (χ1v) is 6.72. The summed E-state index contributed by atoms with van der Waals surface area (Å²) < 4.78 is 0. The summed E-state index contributed by atoms with van der Waals surface area (Å²) in [7, 11) is 0. The maximum Gasteiger partial charge on any atom is 0.159 e. The van der Waals surface area contributed by atoms with Gasteiger partial charge in [-0.3, -0.25) is 4.79 Å². The van der Waals surface area contributed by atoms with Crippen LogP contribution in [0.15, 0.2) is 24.3 Å². The summed E-state index contributed by atoms with van der Waals surface area (Å²) in [5.74, 6) is 0.500. The molecule has 1 aromatic carbocycles. The van der Waals surface area contributed by atoms with Crippen molar-refractivity contribution in [2.24, 2.45) is 5.92 Å². The summed E-state index contributed by atoms with van der Waals surface area (Å²) in [5.41, 5.74) is 1.87. The van der Waals surface area contributed by atoms with Gasteiger partial charge in [-0.25, -0.2) is 0 Å². The highest BCUT2D eigenvalue weighted by Crippen LogP contribution is 2.39. The summed E-state index contributed by atoms with van der Waals surface area (Å²) in [4.78, 5) is 13.6. The Balaban J connectivity index is 2.23. The summed E-state index contributed by atoms with van der Waals surface area (Å²) >= 11 is 0. The third-order valence-electron chi connectivity index (χ3n) is 4.32. The van der Waals surface area contributed by atoms with E-state index >= 15 is 0 Å². The quantitative estimate of drug-likeness (QED) is 0.778. The number of benzene rings is 1. The van der Waals surface area contributed by atoms with Crippen molar-refractivity contribution in [3.05, 3.63) is 29.8 Å². The maximum atomic E-state index is 11.3. The first-order chi connectivity index (χ1) is 8.96. The molecule has 0 N–H and O–H groups in total. The Bertz CT molecular complexity index is 511. The Kier molecular flexibility index (Phi) is 3.61. The number of carbonyl (C=O) groups is 1. The van der Waals surface area contributed by atoms with Crippen LogP contribution in [0.1, 0.15) is 44.0 Å². The lowest BCUT2D eigenvalue weighted by Gasteiger charge is -2.37. The monoisotopic (exact) mass is 256 g/mol. The molecule has 0 bridgehead atoms. The number of hydrogen-bond donors (Lipinski definition) is 0. The maximum absolute atomic E-state index is 11.3. The number of nitriles is 1. The minimum atomic E-state index is -0.00648. The van der Waals surface area contributed by atoms with Gasteiger partial charge in [-0.05, 0) is 57.4 Å². The van der Waals surface area contributed by atoms with E-state index in [-0.39, 0.29) is 11.3 Å². The van der Waals surface area contributed by atoms with Crippen LogP contribution in [0.3, 0.4) is 0 Å². The van der Waals surface area contributed by atoms with E-state index in [2.05, 4.69) is 24.8 Å². The molecule has 1 heterocycles. The van der Waals surface area contributed by atoms with Crippen LogP contribution in [0, 0.1) is 17.2 Å². The van der Waals surface area contributed by atoms with Gasteiger partial charge >= 0.3 is 0 Å². The fraction of sp³-hybridized carbons (Fsp3) is 0.500. The first-order valence-electron chi connectivity index (χ1n) is 6.72. The van der Waals surface area contributed by atoms with E-state index in [0.717, 1.165) is 24.2 Å². The predicted octanol–water partition coefficient (Wildman–Crippen LogP) is 3.41. The molecule has 100 valence electrons. The molecule has 19 heavy (non-hydrogen) atoms. The molecule has 1 aromatic rings. The summed E-state index contributed by atoms with van der Waals surface area (Å²) in [6.07, 6.45) is 1.66. The summed E-state index contributed by atoms with van der Waals surface area (Å²) in [5, 5.41) is 8.91. The van der Waals surface area contributed by atoms with Gasteiger partial charge in [0, 0.05) is 29.8 Å². The average Bonchev–Trinajstić information content (AvgIpc) is 2.66. The number of anilines is 1. The molecular weight excluding hydrogens is 236 g/mol. The van der Waals surface area contributed by atoms with Gasteiger partial charge in [0.1, 0.15) is 0 Å². The summed E-state index contributed by atoms with van der Waals surface area (Å²) in [6.45, 7) is 6.94. The van der Waals surface area contributed by atoms with E-state index in [1.54, 1.807) is 6.92 Å². The largest absolute Gasteiger partial charge is 0.366 e. The Labute approximate surface area is 114 Å². The van der Waals surface area contributed by atoms with Gasteiger partial charge in [0.05, 0.1) is 6.07 Å². The van der Waals surface area contributed by atoms with Crippen LogP contribution < -0.4 is 4.90 Å². The molecule has 3 nitrogen and oxygen atoms in total. The van der Waals surface area contributed by atoms with Crippen molar-refractivity contribution in [1.82, 2.24) is 0 Å². The van der Waals surface area contributed by atoms with Crippen molar-refractivity contribution >= 4 is 11.5 Å². The Hall–Kier alpha value is -1.82. The fourth-order valence-electron chi connectivity index (χ4n) is 2.95. The van der Waals surface area contributed by atoms with Crippen molar-refractivity contribution in [3.63, 3.8) is 0 Å². The SMILES string of the molecule is CC(=O)c1ccc(N2CCC(CC#N)C2(C)C)cc1. The van der Waals surface area contributed by atoms with E-state index in [0.29, 0.717) is 12.3 Å². The third-order valence-corrected chi connectivity index (χ3v) is 4.32. The molecule has 0 amide bonds. The highest BCUT2D eigenvalue weighted by atomic mass is 16.1. The lowest BCUT2D eigenvalue weighted by Crippen LogP contribution is -2.42. The number of rotatable bonds is 3. The van der Waals surface area contributed by atoms with Gasteiger partial charge in [-0.15, -0.1) is 0 Å². The zero-order valence-corrected chi connectivity index (χ0v) is 11.8. The van der Waals surface area contributed by atoms with E-state index in [4.69, 9.17) is 5.26 Å². The van der Waals surface area contributed by atoms with Gasteiger partial charge in [0.2, 0.25) is 0 Å². The van der Waals surface area contributed by atoms with Gasteiger partial charge in [0.25, 0.3) is 0 Å². The number of hydrogen-bond acceptors (Lipinski definition) is 3. The van der Waals surface area contributed by atoms with Crippen molar-refractivity contribution < 1.29 is 4.79 Å². The Morgan fingerprint density at radius 1 is 1.42 bits per heavy atom. The molecule has 0 radical (unpaired) electrons. The van der Waals surface area contributed by atoms with Crippen molar-refractivity contribution in [2.45, 2.75) is 39.2 Å². The zero-order chi connectivity index (χ0) is 14.0. The molecule has 0 aromatic heterocycles. The van der Waals surface area contributed by atoms with Gasteiger partial charge in [0.15, 0.2) is 5.78 Å². The van der Waals surface area contributed by atoms with Gasteiger partial charge in [-0.1, -0.05) is 0 Å². The molecular formula is C16H20N2O. The normalized spacial score (nSPS) is 21.2.